The van der Waals surface area contributed by atoms with E-state index in [0.29, 0.717) is 167 Å². The van der Waals surface area contributed by atoms with Crippen molar-refractivity contribution in [1.29, 1.82) is 0 Å². The molecule has 2 aromatic carbocycles. The number of unbranched alkanes of at least 4 members (excludes halogenated alkanes) is 1. The van der Waals surface area contributed by atoms with Gasteiger partial charge in [0.25, 0.3) is 23.6 Å². The Labute approximate surface area is 734 Å². The number of Topliss-reactive ketones (excluding diaryl/α,β-unsaturated/α-hetero) is 3. The first-order valence-corrected chi connectivity index (χ1v) is 43.9. The number of fused-ring (bicyclic) bond motifs is 5. The van der Waals surface area contributed by atoms with Gasteiger partial charge in [0.2, 0.25) is 17.6 Å². The topological polar surface area (TPSA) is 498 Å². The van der Waals surface area contributed by atoms with Gasteiger partial charge >= 0.3 is 5.97 Å². The second kappa shape index (κ2) is 48.8. The maximum atomic E-state index is 14.8. The van der Waals surface area contributed by atoms with Crippen LogP contribution in [0.15, 0.2) is 107 Å². The number of piperidine rings is 1. The van der Waals surface area contributed by atoms with Gasteiger partial charge in [-0.3, -0.25) is 33.6 Å². The van der Waals surface area contributed by atoms with Crippen LogP contribution < -0.4 is 33.2 Å². The van der Waals surface area contributed by atoms with Crippen LogP contribution in [-0.4, -0.2) is 268 Å². The maximum absolute atomic E-state index is 14.8. The number of ether oxygens (including phenoxy) is 9. The van der Waals surface area contributed by atoms with Crippen molar-refractivity contribution in [3.05, 3.63) is 108 Å². The third-order valence-electron chi connectivity index (χ3n) is 23.8. The van der Waals surface area contributed by atoms with Crippen molar-refractivity contribution in [3.8, 4) is 22.5 Å². The average Bonchev–Trinajstić information content (AvgIpc) is 1.55. The number of ketones is 3. The summed E-state index contributed by atoms with van der Waals surface area (Å²) in [6.45, 7) is 14.6. The number of cyclic esters (lactones) is 1. The summed E-state index contributed by atoms with van der Waals surface area (Å²) in [5.74, 6) is -9.54. The number of oxazole rings is 1. The minimum Gasteiger partial charge on any atom is -0.459 e. The highest BCUT2D eigenvalue weighted by Crippen LogP contribution is 2.40. The first-order valence-electron chi connectivity index (χ1n) is 43.9. The first kappa shape index (κ1) is 98.2. The number of nitrogens with one attached hydrogen (secondary N) is 3. The minimum absolute atomic E-state index is 0.000176. The fourth-order valence-corrected chi connectivity index (χ4v) is 16.4. The van der Waals surface area contributed by atoms with E-state index in [4.69, 9.17) is 69.3 Å². The Morgan fingerprint density at radius 1 is 0.730 bits per heavy atom. The molecule has 4 amide bonds. The molecular weight excluding hydrogens is 1630 g/mol. The molecule has 36 heteroatoms. The van der Waals surface area contributed by atoms with Gasteiger partial charge in [-0.05, 0) is 144 Å². The first-order chi connectivity index (χ1) is 60.6. The average molecular weight is 1760 g/mol. The number of nitrogens with zero attached hydrogens (tertiary/aromatic N) is 9. The smallest absolute Gasteiger partial charge is 0.329 e. The van der Waals surface area contributed by atoms with Gasteiger partial charge in [-0.15, -0.1) is 5.10 Å². The number of hydrogen-bond donors (Lipinski definition) is 9. The van der Waals surface area contributed by atoms with E-state index in [1.807, 2.05) is 62.4 Å². The molecule has 15 atom stereocenters. The Bertz CT molecular complexity index is 4740. The van der Waals surface area contributed by atoms with Crippen molar-refractivity contribution in [3.63, 3.8) is 0 Å². The van der Waals surface area contributed by atoms with Crippen LogP contribution in [0.2, 0.25) is 0 Å². The molecule has 2 saturated heterocycles. The molecule has 2 bridgehead atoms. The predicted molar refractivity (Wildman–Crippen MR) is 466 cm³/mol. The number of carbonyl (C=O) groups is 8. The van der Waals surface area contributed by atoms with Crippen molar-refractivity contribution in [2.45, 2.75) is 211 Å². The highest BCUT2D eigenvalue weighted by molar-refractivity contribution is 6.39. The number of aliphatic hydroxyl groups excluding tert-OH is 2. The lowest BCUT2D eigenvalue weighted by molar-refractivity contribution is -0.265. The van der Waals surface area contributed by atoms with Gasteiger partial charge in [0, 0.05) is 113 Å². The van der Waals surface area contributed by atoms with Crippen LogP contribution in [-0.2, 0) is 82.7 Å². The Balaban J connectivity index is 0.603. The minimum atomic E-state index is -2.51. The number of aliphatic hydroxyl groups is 3. The number of nitrogen functional groups attached to an aromatic ring is 2. The lowest BCUT2D eigenvalue weighted by Crippen LogP contribution is -2.61. The van der Waals surface area contributed by atoms with Crippen molar-refractivity contribution >= 4 is 80.9 Å². The molecule has 12 N–H and O–H groups in total. The molecule has 126 heavy (non-hydrogen) atoms. The van der Waals surface area contributed by atoms with Crippen molar-refractivity contribution in [2.24, 2.45) is 35.3 Å². The van der Waals surface area contributed by atoms with E-state index in [0.717, 1.165) is 16.0 Å². The van der Waals surface area contributed by atoms with E-state index in [2.05, 4.69) is 41.2 Å². The van der Waals surface area contributed by atoms with Crippen LogP contribution in [0.1, 0.15) is 161 Å². The van der Waals surface area contributed by atoms with Gasteiger partial charge in [-0.2, -0.15) is 10.1 Å². The van der Waals surface area contributed by atoms with Crippen LogP contribution in [0.4, 0.5) is 11.8 Å². The number of rotatable bonds is 35. The second-order valence-corrected chi connectivity index (χ2v) is 33.2. The number of allylic oxidation sites excluding steroid dienone is 6. The second-order valence-electron chi connectivity index (χ2n) is 33.2. The van der Waals surface area contributed by atoms with Gasteiger partial charge in [-0.1, -0.05) is 81.5 Å². The molecule has 4 aromatic heterocycles. The van der Waals surface area contributed by atoms with E-state index < -0.39 is 108 Å². The number of carbonyl (C=O) groups excluding carboxylic acids is 8. The summed E-state index contributed by atoms with van der Waals surface area (Å²) in [5.41, 5.74) is 24.9. The molecule has 3 fully saturated rings. The van der Waals surface area contributed by atoms with Crippen LogP contribution in [0.25, 0.3) is 44.6 Å². The number of aryl methyl sites for hydroxylation is 1. The Morgan fingerprint density at radius 3 is 2.16 bits per heavy atom. The molecule has 4 aliphatic rings. The lowest BCUT2D eigenvalue weighted by Gasteiger charge is -2.42. The molecule has 688 valence electrons. The van der Waals surface area contributed by atoms with E-state index in [1.165, 1.54) is 19.3 Å². The third kappa shape index (κ3) is 27.8. The lowest BCUT2D eigenvalue weighted by atomic mass is 9.79. The van der Waals surface area contributed by atoms with Gasteiger partial charge < -0.3 is 100 Å². The molecular formula is C90H127N15O21. The van der Waals surface area contributed by atoms with Crippen LogP contribution in [0.3, 0.4) is 0 Å². The molecule has 0 spiro atoms. The summed E-state index contributed by atoms with van der Waals surface area (Å²) in [6, 6.07) is 10.0. The van der Waals surface area contributed by atoms with Crippen LogP contribution in [0, 0.1) is 29.6 Å². The fourth-order valence-electron chi connectivity index (χ4n) is 16.4. The van der Waals surface area contributed by atoms with Gasteiger partial charge in [0.1, 0.15) is 59.2 Å². The molecule has 7 heterocycles. The molecule has 1 saturated carbocycles. The molecule has 3 aliphatic heterocycles. The number of hydrogen-bond acceptors (Lipinski definition) is 30. The van der Waals surface area contributed by atoms with Gasteiger partial charge in [0.05, 0.1) is 102 Å². The number of anilines is 2. The molecule has 10 rings (SSSR count). The van der Waals surface area contributed by atoms with Crippen LogP contribution >= 0.6 is 0 Å². The monoisotopic (exact) mass is 1750 g/mol. The largest absolute Gasteiger partial charge is 0.459 e. The zero-order valence-electron chi connectivity index (χ0n) is 73.6. The number of esters is 1. The highest BCUT2D eigenvalue weighted by atomic mass is 16.6. The van der Waals surface area contributed by atoms with E-state index in [9.17, 15) is 53.7 Å². The standard InChI is InChI=1S/C90H127N15O21/c1-55-17-10-9-11-18-56(2)73(117-7)51-65-25-22-60(6)90(116,126-65)83(112)87(114)103-33-14-12-21-70(103)88(115)124-74(52-71(106)57(3)46-59(5)81(110)82(111)80(109)58(4)45-55)66(91)47-61-23-26-69(75(48-61)118-8)105-53-68(100-102-105)62-19-16-20-64(49-62)86(113)96-32-38-122-42-44-123-43-40-120-36-29-77(108)95-31-37-121-41-39-119-35-28-76(107)94-30-13-15-34-104-85-78(84(92)97-54-98-85)79(101-104)63-24-27-72-67(50-63)99-89(93)125-72/h9-11,16-20,24,27,46,49-50,53-55,57-58,60-61,65-66,69-70,73-75,81-82,110-111,116H,12-15,21-23,25-26,28-45,47-48,51-52,91H2,1-8H3,(H2,93,99)(H,94,107)(H,95,108)(H,96,113)(H2,92,97,98)/b11-9?,17-10+,56-18?,59-46+/t55-,57-,58-,60-,61+,65+,66-,69+,70+,73+,74+,75-,81-,82+,90-/m1/s1. The molecule has 0 unspecified atom stereocenters. The Kier molecular flexibility index (Phi) is 38.1. The van der Waals surface area contributed by atoms with Crippen LogP contribution in [0.5, 0.6) is 0 Å². The maximum Gasteiger partial charge on any atom is 0.329 e. The van der Waals surface area contributed by atoms with Gasteiger partial charge in [-0.25, -0.2) is 24.1 Å². The normalized spacial score (nSPS) is 25.8. The summed E-state index contributed by atoms with van der Waals surface area (Å²) < 4.78 is 61.4. The SMILES string of the molecule is CO[C@H]1C[C@@H]2CC[C@@H](C)[C@@](O)(O2)C(=O)C(=O)N2CCCC[C@H]2C(=O)O[C@H]([C@H](N)C[C@@H]2CC[C@H](n3cc(-c4cccc(C(=O)NCCOCCOCCOCCC(=O)NCCOCCOCCC(=O)NCCCCn5nc(-c6ccc7oc(N)nc7c6)c6c(N)ncnc65)c4)nn3)[C@H](OC)C2)CC(=O)[C@H](C)/C=C(\C)[C@@H](O)[C@@H](O)C(=O)[C@H](C)C[C@H](C)/C=C/C=CC=C1C. The van der Waals surface area contributed by atoms with E-state index in [-0.39, 0.29) is 125 Å². The number of aromatic nitrogens is 8. The number of methoxy groups -OCH3 is 2. The Hall–Kier alpha value is -9.96. The molecule has 36 nitrogen and oxygen atoms in total. The third-order valence-corrected chi connectivity index (χ3v) is 23.8. The number of benzene rings is 2. The fraction of sp³-hybridized carbons (Fsp3) is 0.600. The summed E-state index contributed by atoms with van der Waals surface area (Å²) in [6.07, 6.45) is 13.6. The molecule has 6 aromatic rings. The summed E-state index contributed by atoms with van der Waals surface area (Å²) in [7, 11) is 3.15. The van der Waals surface area contributed by atoms with E-state index in [1.54, 1.807) is 74.8 Å². The number of nitrogens with two attached hydrogens (primary N) is 3. The number of amides is 4. The van der Waals surface area contributed by atoms with Crippen molar-refractivity contribution in [1.82, 2.24) is 60.6 Å². The van der Waals surface area contributed by atoms with E-state index >= 15 is 0 Å². The van der Waals surface area contributed by atoms with Crippen molar-refractivity contribution < 1.29 is 101 Å². The summed E-state index contributed by atoms with van der Waals surface area (Å²) >= 11 is 0. The Morgan fingerprint density at radius 2 is 1.44 bits per heavy atom. The molecule has 0 radical (unpaired) electrons. The quantitative estimate of drug-likeness (QED) is 0.00857. The highest BCUT2D eigenvalue weighted by Gasteiger charge is 2.53. The zero-order valence-corrected chi connectivity index (χ0v) is 73.6. The van der Waals surface area contributed by atoms with Gasteiger partial charge in [0.15, 0.2) is 17.0 Å². The summed E-state index contributed by atoms with van der Waals surface area (Å²) in [4.78, 5) is 124. The summed E-state index contributed by atoms with van der Waals surface area (Å²) in [5, 5.41) is 57.8. The van der Waals surface area contributed by atoms with Crippen molar-refractivity contribution in [2.75, 3.05) is 118 Å². The molecule has 1 aliphatic carbocycles. The predicted octanol–water partition coefficient (Wildman–Crippen LogP) is 6.77. The zero-order chi connectivity index (χ0) is 90.4.